The summed E-state index contributed by atoms with van der Waals surface area (Å²) in [5.41, 5.74) is -0.983. The van der Waals surface area contributed by atoms with Gasteiger partial charge in [-0.2, -0.15) is 0 Å². The van der Waals surface area contributed by atoms with E-state index in [9.17, 15) is 8.60 Å². The Balaban J connectivity index is 1.80. The molecule has 0 amide bonds. The summed E-state index contributed by atoms with van der Waals surface area (Å²) in [4.78, 5) is 1.96. The van der Waals surface area contributed by atoms with E-state index < -0.39 is 16.5 Å². The third-order valence-corrected chi connectivity index (χ3v) is 5.42. The fourth-order valence-electron chi connectivity index (χ4n) is 2.20. The Hall–Kier alpha value is -0.390. The molecular weight excluding hydrogens is 281 g/mol. The van der Waals surface area contributed by atoms with Gasteiger partial charge in [0.25, 0.3) is 0 Å². The van der Waals surface area contributed by atoms with Crippen LogP contribution in [0.25, 0.3) is 0 Å². The number of thioether (sulfide) groups is 1. The van der Waals surface area contributed by atoms with Gasteiger partial charge in [-0.25, -0.2) is 4.39 Å². The predicted molar refractivity (Wildman–Crippen MR) is 80.1 cm³/mol. The summed E-state index contributed by atoms with van der Waals surface area (Å²) < 4.78 is 25.6. The van der Waals surface area contributed by atoms with E-state index in [-0.39, 0.29) is 0 Å². The van der Waals surface area contributed by atoms with Crippen LogP contribution < -0.4 is 5.32 Å². The van der Waals surface area contributed by atoms with E-state index in [2.05, 4.69) is 5.32 Å². The van der Waals surface area contributed by atoms with Gasteiger partial charge < -0.3 is 5.32 Å². The van der Waals surface area contributed by atoms with Gasteiger partial charge in [-0.1, -0.05) is 0 Å². The predicted octanol–water partition coefficient (Wildman–Crippen LogP) is 3.00. The van der Waals surface area contributed by atoms with Crippen LogP contribution in [-0.2, 0) is 10.8 Å². The smallest absolute Gasteiger partial charge is 0.114 e. The van der Waals surface area contributed by atoms with E-state index in [1.54, 1.807) is 18.0 Å². The van der Waals surface area contributed by atoms with Crippen molar-refractivity contribution in [1.82, 2.24) is 5.32 Å². The van der Waals surface area contributed by atoms with Crippen LogP contribution in [0, 0.1) is 0 Å². The fraction of sp³-hybridized carbons (Fsp3) is 0.571. The van der Waals surface area contributed by atoms with Crippen LogP contribution >= 0.6 is 11.8 Å². The summed E-state index contributed by atoms with van der Waals surface area (Å²) >= 11 is 1.67. The zero-order valence-corrected chi connectivity index (χ0v) is 12.8. The van der Waals surface area contributed by atoms with Crippen LogP contribution in [-0.4, -0.2) is 35.0 Å². The summed E-state index contributed by atoms with van der Waals surface area (Å²) in [6.07, 6.45) is 3.54. The molecule has 0 bridgehead atoms. The monoisotopic (exact) mass is 301 g/mol. The topological polar surface area (TPSA) is 29.1 Å². The summed E-state index contributed by atoms with van der Waals surface area (Å²) in [5.74, 6) is 0.797. The number of halogens is 1. The third-order valence-electron chi connectivity index (χ3n) is 3.47. The third kappa shape index (κ3) is 4.58. The highest BCUT2D eigenvalue weighted by Crippen LogP contribution is 2.30. The maximum absolute atomic E-state index is 14.4. The lowest BCUT2D eigenvalue weighted by atomic mass is 9.92. The molecular formula is C14H20FNOS2. The molecule has 1 N–H and O–H groups in total. The second-order valence-electron chi connectivity index (χ2n) is 4.92. The molecule has 0 spiro atoms. The van der Waals surface area contributed by atoms with Crippen LogP contribution in [0.4, 0.5) is 4.39 Å². The number of benzene rings is 1. The largest absolute Gasteiger partial charge is 0.316 e. The maximum atomic E-state index is 14.4. The zero-order valence-electron chi connectivity index (χ0n) is 11.2. The summed E-state index contributed by atoms with van der Waals surface area (Å²) in [7, 11) is -0.930. The van der Waals surface area contributed by atoms with Crippen molar-refractivity contribution < 1.29 is 8.60 Å². The van der Waals surface area contributed by atoms with Crippen molar-refractivity contribution in [2.75, 3.05) is 25.1 Å². The van der Waals surface area contributed by atoms with Crippen molar-refractivity contribution in [3.05, 3.63) is 24.3 Å². The summed E-state index contributed by atoms with van der Waals surface area (Å²) in [6, 6.07) is 7.70. The van der Waals surface area contributed by atoms with Crippen LogP contribution in [0.2, 0.25) is 0 Å². The zero-order chi connectivity index (χ0) is 13.7. The molecule has 19 heavy (non-hydrogen) atoms. The molecule has 2 rings (SSSR count). The van der Waals surface area contributed by atoms with Gasteiger partial charge in [0.15, 0.2) is 0 Å². The highest BCUT2D eigenvalue weighted by molar-refractivity contribution is 7.99. The maximum Gasteiger partial charge on any atom is 0.114 e. The highest BCUT2D eigenvalue weighted by Gasteiger charge is 2.30. The lowest BCUT2D eigenvalue weighted by Gasteiger charge is -2.29. The van der Waals surface area contributed by atoms with E-state index in [0.717, 1.165) is 28.6 Å². The van der Waals surface area contributed by atoms with Gasteiger partial charge in [-0.15, -0.1) is 11.8 Å². The van der Waals surface area contributed by atoms with Crippen molar-refractivity contribution in [3.8, 4) is 0 Å². The SMILES string of the molecule is CS(=O)c1ccc(SCCC2(F)CCNCC2)cc1. The Labute approximate surface area is 121 Å². The molecule has 1 unspecified atom stereocenters. The van der Waals surface area contributed by atoms with E-state index in [1.807, 2.05) is 24.3 Å². The molecule has 2 nitrogen and oxygen atoms in total. The van der Waals surface area contributed by atoms with Crippen LogP contribution in [0.3, 0.4) is 0 Å². The average Bonchev–Trinajstić information content (AvgIpc) is 2.40. The molecule has 1 atom stereocenters. The molecule has 106 valence electrons. The van der Waals surface area contributed by atoms with Crippen LogP contribution in [0.1, 0.15) is 19.3 Å². The number of hydrogen-bond donors (Lipinski definition) is 1. The molecule has 0 aromatic heterocycles. The molecule has 1 aromatic rings. The average molecular weight is 301 g/mol. The first-order chi connectivity index (χ1) is 9.09. The lowest BCUT2D eigenvalue weighted by Crippen LogP contribution is -2.38. The highest BCUT2D eigenvalue weighted by atomic mass is 32.2. The van der Waals surface area contributed by atoms with Gasteiger partial charge in [-0.05, 0) is 56.6 Å². The minimum absolute atomic E-state index is 0.612. The van der Waals surface area contributed by atoms with Gasteiger partial charge in [0.1, 0.15) is 5.67 Å². The summed E-state index contributed by atoms with van der Waals surface area (Å²) in [6.45, 7) is 1.58. The molecule has 1 aromatic carbocycles. The standard InChI is InChI=1S/C14H20FNOS2/c1-19(17)13-4-2-12(3-5-13)18-11-8-14(15)6-9-16-10-7-14/h2-5,16H,6-11H2,1H3. The van der Waals surface area contributed by atoms with Gasteiger partial charge in [0.05, 0.1) is 0 Å². The van der Waals surface area contributed by atoms with Gasteiger partial charge in [-0.3, -0.25) is 4.21 Å². The first-order valence-electron chi connectivity index (χ1n) is 6.55. The van der Waals surface area contributed by atoms with E-state index in [4.69, 9.17) is 0 Å². The first-order valence-corrected chi connectivity index (χ1v) is 9.09. The van der Waals surface area contributed by atoms with Crippen molar-refractivity contribution in [1.29, 1.82) is 0 Å². The molecule has 5 heteroatoms. The Morgan fingerprint density at radius 3 is 2.53 bits per heavy atom. The van der Waals surface area contributed by atoms with Gasteiger partial charge in [0.2, 0.25) is 0 Å². The number of nitrogens with one attached hydrogen (secondary N) is 1. The first kappa shape index (κ1) is 15.0. The molecule has 1 heterocycles. The molecule has 0 saturated carbocycles. The van der Waals surface area contributed by atoms with Crippen molar-refractivity contribution in [3.63, 3.8) is 0 Å². The number of piperidine rings is 1. The normalized spacial score (nSPS) is 20.1. The Kier molecular flexibility index (Phi) is 5.42. The molecule has 0 aliphatic carbocycles. The minimum Gasteiger partial charge on any atom is -0.316 e. The number of hydrogen-bond acceptors (Lipinski definition) is 3. The number of alkyl halides is 1. The fourth-order valence-corrected chi connectivity index (χ4v) is 3.76. The Bertz CT molecular complexity index is 430. The van der Waals surface area contributed by atoms with Crippen LogP contribution in [0.5, 0.6) is 0 Å². The summed E-state index contributed by atoms with van der Waals surface area (Å²) in [5, 5.41) is 3.19. The number of rotatable bonds is 5. The van der Waals surface area contributed by atoms with Crippen LogP contribution in [0.15, 0.2) is 34.1 Å². The minimum atomic E-state index is -0.983. The molecule has 0 radical (unpaired) electrons. The van der Waals surface area contributed by atoms with E-state index in [0.29, 0.717) is 19.3 Å². The van der Waals surface area contributed by atoms with Crippen molar-refractivity contribution >= 4 is 22.6 Å². The second-order valence-corrected chi connectivity index (χ2v) is 7.47. The quantitative estimate of drug-likeness (QED) is 0.848. The second kappa shape index (κ2) is 6.86. The van der Waals surface area contributed by atoms with Gasteiger partial charge >= 0.3 is 0 Å². The molecule has 1 aliphatic rings. The Morgan fingerprint density at radius 2 is 1.95 bits per heavy atom. The lowest BCUT2D eigenvalue weighted by molar-refractivity contribution is 0.112. The van der Waals surface area contributed by atoms with E-state index >= 15 is 0 Å². The van der Waals surface area contributed by atoms with Gasteiger partial charge in [0, 0.05) is 32.6 Å². The Morgan fingerprint density at radius 1 is 1.32 bits per heavy atom. The molecule has 1 aliphatic heterocycles. The molecule has 1 fully saturated rings. The van der Waals surface area contributed by atoms with E-state index in [1.165, 1.54) is 0 Å². The molecule has 1 saturated heterocycles. The van der Waals surface area contributed by atoms with Crippen molar-refractivity contribution in [2.45, 2.75) is 34.7 Å². The van der Waals surface area contributed by atoms with Crippen molar-refractivity contribution in [2.24, 2.45) is 0 Å².